The minimum absolute atomic E-state index is 0.0564. The van der Waals surface area contributed by atoms with Crippen LogP contribution < -0.4 is 10.2 Å². The Morgan fingerprint density at radius 2 is 2.10 bits per heavy atom. The van der Waals surface area contributed by atoms with Crippen LogP contribution in [0.25, 0.3) is 10.9 Å². The summed E-state index contributed by atoms with van der Waals surface area (Å²) < 4.78 is 0. The third-order valence-corrected chi connectivity index (χ3v) is 3.21. The number of nitrogens with one attached hydrogen (secondary N) is 2. The van der Waals surface area contributed by atoms with Gasteiger partial charge in [0, 0.05) is 18.4 Å². The molecule has 102 valence electrons. The molecule has 1 aliphatic heterocycles. The first-order valence-corrected chi connectivity index (χ1v) is 6.02. The number of hydrogen-bond acceptors (Lipinski definition) is 3. The summed E-state index contributed by atoms with van der Waals surface area (Å²) in [5, 5.41) is 11.9. The Morgan fingerprint density at radius 1 is 1.30 bits per heavy atom. The first-order valence-electron chi connectivity index (χ1n) is 6.02. The van der Waals surface area contributed by atoms with Gasteiger partial charge in [-0.15, -0.1) is 0 Å². The molecular weight excluding hydrogens is 262 g/mol. The molecule has 3 rings (SSSR count). The third-order valence-electron chi connectivity index (χ3n) is 3.21. The molecule has 2 heterocycles. The molecule has 0 aliphatic carbocycles. The second kappa shape index (κ2) is 4.37. The number of aromatic carboxylic acids is 1. The summed E-state index contributed by atoms with van der Waals surface area (Å²) in [6.45, 7) is 0.269. The summed E-state index contributed by atoms with van der Waals surface area (Å²) >= 11 is 0. The summed E-state index contributed by atoms with van der Waals surface area (Å²) in [6, 6.07) is 6.21. The average Bonchev–Trinajstić information content (AvgIpc) is 2.83. The van der Waals surface area contributed by atoms with E-state index in [-0.39, 0.29) is 24.6 Å². The van der Waals surface area contributed by atoms with Crippen LogP contribution in [-0.2, 0) is 4.79 Å². The van der Waals surface area contributed by atoms with Gasteiger partial charge in [-0.2, -0.15) is 0 Å². The smallest absolute Gasteiger partial charge is 0.352 e. The Kier molecular flexibility index (Phi) is 2.67. The molecule has 7 heteroatoms. The molecule has 1 aliphatic rings. The number of carboxylic acids is 1. The zero-order chi connectivity index (χ0) is 14.3. The Hall–Kier alpha value is -2.83. The lowest BCUT2D eigenvalue weighted by atomic mass is 10.2. The molecule has 0 spiro atoms. The number of nitrogens with zero attached hydrogens (tertiary/aromatic N) is 1. The number of carbonyl (C=O) groups is 3. The molecule has 0 bridgehead atoms. The van der Waals surface area contributed by atoms with Crippen molar-refractivity contribution < 1.29 is 19.5 Å². The van der Waals surface area contributed by atoms with Gasteiger partial charge in [-0.1, -0.05) is 12.1 Å². The van der Waals surface area contributed by atoms with E-state index in [9.17, 15) is 14.4 Å². The largest absolute Gasteiger partial charge is 0.477 e. The number of aromatic amines is 1. The second-order valence-electron chi connectivity index (χ2n) is 4.48. The van der Waals surface area contributed by atoms with E-state index < -0.39 is 12.0 Å². The van der Waals surface area contributed by atoms with Crippen LogP contribution in [0.2, 0.25) is 0 Å². The van der Waals surface area contributed by atoms with Crippen molar-refractivity contribution in [2.75, 3.05) is 11.4 Å². The van der Waals surface area contributed by atoms with Crippen LogP contribution in [-0.4, -0.2) is 34.5 Å². The number of H-pyrrole nitrogens is 1. The fourth-order valence-corrected chi connectivity index (χ4v) is 2.27. The SMILES string of the molecule is O=C1CCN(c2cccc3cc(C(=O)O)[nH]c23)C(=O)N1. The van der Waals surface area contributed by atoms with E-state index >= 15 is 0 Å². The zero-order valence-corrected chi connectivity index (χ0v) is 10.3. The van der Waals surface area contributed by atoms with Gasteiger partial charge in [-0.25, -0.2) is 9.59 Å². The maximum atomic E-state index is 11.9. The number of carboxylic acid groups (broad SMARTS) is 1. The summed E-state index contributed by atoms with van der Waals surface area (Å²) in [7, 11) is 0. The summed E-state index contributed by atoms with van der Waals surface area (Å²) in [6.07, 6.45) is 0.217. The van der Waals surface area contributed by atoms with E-state index in [1.807, 2.05) is 0 Å². The van der Waals surface area contributed by atoms with Crippen molar-refractivity contribution in [1.29, 1.82) is 0 Å². The fourth-order valence-electron chi connectivity index (χ4n) is 2.27. The molecule has 0 atom stereocenters. The van der Waals surface area contributed by atoms with Gasteiger partial charge in [0.1, 0.15) is 5.69 Å². The molecule has 0 radical (unpaired) electrons. The van der Waals surface area contributed by atoms with Crippen molar-refractivity contribution in [3.05, 3.63) is 30.0 Å². The van der Waals surface area contributed by atoms with Crippen LogP contribution in [0.1, 0.15) is 16.9 Å². The highest BCUT2D eigenvalue weighted by molar-refractivity contribution is 6.10. The standard InChI is InChI=1S/C13H11N3O4/c17-10-4-5-16(13(20)15-10)9-3-1-2-7-6-8(12(18)19)14-11(7)9/h1-3,6,14H,4-5H2,(H,18,19)(H,15,17,20). The highest BCUT2D eigenvalue weighted by atomic mass is 16.4. The topological polar surface area (TPSA) is 102 Å². The number of amides is 3. The van der Waals surface area contributed by atoms with E-state index in [4.69, 9.17) is 5.11 Å². The lowest BCUT2D eigenvalue weighted by Crippen LogP contribution is -2.49. The van der Waals surface area contributed by atoms with Gasteiger partial charge in [0.15, 0.2) is 0 Å². The first kappa shape index (κ1) is 12.2. The average molecular weight is 273 g/mol. The van der Waals surface area contributed by atoms with Gasteiger partial charge in [-0.3, -0.25) is 15.0 Å². The predicted molar refractivity (Wildman–Crippen MR) is 70.8 cm³/mol. The van der Waals surface area contributed by atoms with Crippen LogP contribution in [0, 0.1) is 0 Å². The lowest BCUT2D eigenvalue weighted by molar-refractivity contribution is -0.120. The molecule has 2 aromatic rings. The highest BCUT2D eigenvalue weighted by Gasteiger charge is 2.26. The summed E-state index contributed by atoms with van der Waals surface area (Å²) in [5.41, 5.74) is 1.18. The molecule has 1 saturated heterocycles. The number of para-hydroxylation sites is 1. The minimum Gasteiger partial charge on any atom is -0.477 e. The quantitative estimate of drug-likeness (QED) is 0.767. The van der Waals surface area contributed by atoms with Crippen LogP contribution in [0.4, 0.5) is 10.5 Å². The number of anilines is 1. The number of carbonyl (C=O) groups excluding carboxylic acids is 2. The normalized spacial score (nSPS) is 15.5. The Balaban J connectivity index is 2.09. The van der Waals surface area contributed by atoms with Gasteiger partial charge in [0.2, 0.25) is 5.91 Å². The molecule has 1 aromatic heterocycles. The molecular formula is C13H11N3O4. The van der Waals surface area contributed by atoms with E-state index in [1.165, 1.54) is 11.0 Å². The van der Waals surface area contributed by atoms with Crippen LogP contribution in [0.5, 0.6) is 0 Å². The fraction of sp³-hybridized carbons (Fsp3) is 0.154. The number of benzene rings is 1. The molecule has 20 heavy (non-hydrogen) atoms. The van der Waals surface area contributed by atoms with Gasteiger partial charge >= 0.3 is 12.0 Å². The van der Waals surface area contributed by atoms with Crippen molar-refractivity contribution >= 4 is 34.5 Å². The molecule has 3 amide bonds. The Labute approximate surface area is 113 Å². The van der Waals surface area contributed by atoms with Gasteiger partial charge in [0.25, 0.3) is 0 Å². The van der Waals surface area contributed by atoms with Gasteiger partial charge in [-0.05, 0) is 12.1 Å². The Bertz CT molecular complexity index is 734. The summed E-state index contributed by atoms with van der Waals surface area (Å²) in [4.78, 5) is 38.2. The zero-order valence-electron chi connectivity index (χ0n) is 10.3. The van der Waals surface area contributed by atoms with E-state index in [1.54, 1.807) is 18.2 Å². The van der Waals surface area contributed by atoms with Crippen molar-refractivity contribution in [2.45, 2.75) is 6.42 Å². The third kappa shape index (κ3) is 1.89. The molecule has 1 aromatic carbocycles. The Morgan fingerprint density at radius 3 is 2.80 bits per heavy atom. The number of rotatable bonds is 2. The van der Waals surface area contributed by atoms with Crippen molar-refractivity contribution in [3.8, 4) is 0 Å². The maximum absolute atomic E-state index is 11.9. The van der Waals surface area contributed by atoms with Gasteiger partial charge in [0.05, 0.1) is 11.2 Å². The van der Waals surface area contributed by atoms with E-state index in [2.05, 4.69) is 10.3 Å². The number of urea groups is 1. The number of hydrogen-bond donors (Lipinski definition) is 3. The van der Waals surface area contributed by atoms with Crippen LogP contribution >= 0.6 is 0 Å². The van der Waals surface area contributed by atoms with Crippen LogP contribution in [0.3, 0.4) is 0 Å². The van der Waals surface area contributed by atoms with Gasteiger partial charge < -0.3 is 10.1 Å². The number of imide groups is 1. The predicted octanol–water partition coefficient (Wildman–Crippen LogP) is 1.31. The molecule has 1 fully saturated rings. The van der Waals surface area contributed by atoms with Crippen molar-refractivity contribution in [3.63, 3.8) is 0 Å². The van der Waals surface area contributed by atoms with E-state index in [0.29, 0.717) is 16.6 Å². The number of fused-ring (bicyclic) bond motifs is 1. The maximum Gasteiger partial charge on any atom is 0.352 e. The molecule has 3 N–H and O–H groups in total. The monoisotopic (exact) mass is 273 g/mol. The second-order valence-corrected chi connectivity index (χ2v) is 4.48. The van der Waals surface area contributed by atoms with Crippen molar-refractivity contribution in [1.82, 2.24) is 10.3 Å². The minimum atomic E-state index is -1.06. The first-order chi connectivity index (χ1) is 9.56. The molecule has 0 unspecified atom stereocenters. The molecule has 7 nitrogen and oxygen atoms in total. The molecule has 0 saturated carbocycles. The number of aromatic nitrogens is 1. The lowest BCUT2D eigenvalue weighted by Gasteiger charge is -2.26. The highest BCUT2D eigenvalue weighted by Crippen LogP contribution is 2.28. The summed E-state index contributed by atoms with van der Waals surface area (Å²) in [5.74, 6) is -1.37. The van der Waals surface area contributed by atoms with E-state index in [0.717, 1.165) is 0 Å². The van der Waals surface area contributed by atoms with Crippen LogP contribution in [0.15, 0.2) is 24.3 Å². The van der Waals surface area contributed by atoms with Crippen molar-refractivity contribution in [2.24, 2.45) is 0 Å².